The van der Waals surface area contributed by atoms with Gasteiger partial charge >= 0.3 is 0 Å². The number of carbonyl (C=O) groups is 1. The normalized spacial score (nSPS) is 19.0. The van der Waals surface area contributed by atoms with Gasteiger partial charge in [0, 0.05) is 74.5 Å². The van der Waals surface area contributed by atoms with Crippen LogP contribution in [0.3, 0.4) is 0 Å². The van der Waals surface area contributed by atoms with E-state index in [-0.39, 0.29) is 28.0 Å². The molecule has 202 valence electrons. The van der Waals surface area contributed by atoms with Gasteiger partial charge in [-0.1, -0.05) is 18.2 Å². The summed E-state index contributed by atoms with van der Waals surface area (Å²) in [5.74, 6) is 0.288. The molecule has 2 N–H and O–H groups in total. The number of pyridine rings is 1. The van der Waals surface area contributed by atoms with Crippen LogP contribution >= 0.6 is 0 Å². The molecule has 2 unspecified atom stereocenters. The van der Waals surface area contributed by atoms with E-state index >= 15 is 0 Å². The third kappa shape index (κ3) is 4.86. The molecule has 39 heavy (non-hydrogen) atoms. The van der Waals surface area contributed by atoms with E-state index in [1.54, 1.807) is 10.6 Å². The van der Waals surface area contributed by atoms with E-state index in [9.17, 15) is 18.0 Å². The van der Waals surface area contributed by atoms with Gasteiger partial charge < -0.3 is 14.5 Å². The molecule has 4 aromatic rings. The molecule has 0 saturated carbocycles. The average molecular weight is 546 g/mol. The lowest BCUT2D eigenvalue weighted by atomic mass is 9.83. The molecular formula is C29H31N5O4S. The number of anilines is 2. The molecule has 2 aliphatic rings. The minimum Gasteiger partial charge on any atom is -0.350 e. The van der Waals surface area contributed by atoms with Gasteiger partial charge in [0.15, 0.2) is 0 Å². The highest BCUT2D eigenvalue weighted by Crippen LogP contribution is 2.36. The van der Waals surface area contributed by atoms with E-state index in [0.717, 1.165) is 31.7 Å². The topological polar surface area (TPSA) is 105 Å². The Labute approximate surface area is 227 Å². The summed E-state index contributed by atoms with van der Waals surface area (Å²) in [7, 11) is -1.90. The van der Waals surface area contributed by atoms with Crippen LogP contribution in [-0.2, 0) is 35.0 Å². The molecule has 0 aliphatic carbocycles. The Bertz CT molecular complexity index is 1740. The maximum atomic E-state index is 13.4. The van der Waals surface area contributed by atoms with Crippen LogP contribution < -0.4 is 15.6 Å². The van der Waals surface area contributed by atoms with E-state index in [1.807, 2.05) is 6.07 Å². The van der Waals surface area contributed by atoms with Gasteiger partial charge in [0.1, 0.15) is 5.69 Å². The second kappa shape index (κ2) is 9.69. The van der Waals surface area contributed by atoms with Crippen molar-refractivity contribution < 1.29 is 13.2 Å². The number of aryl methyl sites for hydroxylation is 1. The number of piperidine rings is 1. The van der Waals surface area contributed by atoms with Gasteiger partial charge in [0.25, 0.3) is 15.6 Å². The van der Waals surface area contributed by atoms with Gasteiger partial charge in [-0.25, -0.2) is 8.42 Å². The highest BCUT2D eigenvalue weighted by Gasteiger charge is 2.35. The van der Waals surface area contributed by atoms with Gasteiger partial charge in [0.2, 0.25) is 5.91 Å². The number of hydrogen-bond donors (Lipinski definition) is 2. The van der Waals surface area contributed by atoms with Crippen molar-refractivity contribution in [3.05, 3.63) is 88.5 Å². The summed E-state index contributed by atoms with van der Waals surface area (Å²) in [4.78, 5) is 27.1. The van der Waals surface area contributed by atoms with Crippen molar-refractivity contribution >= 4 is 38.2 Å². The van der Waals surface area contributed by atoms with E-state index < -0.39 is 10.0 Å². The number of nitrogens with zero attached hydrogens (tertiary/aromatic N) is 3. The van der Waals surface area contributed by atoms with Crippen molar-refractivity contribution in [3.63, 3.8) is 0 Å². The molecule has 4 heterocycles. The summed E-state index contributed by atoms with van der Waals surface area (Å²) >= 11 is 0. The first-order chi connectivity index (χ1) is 18.7. The van der Waals surface area contributed by atoms with Crippen LogP contribution in [-0.4, -0.2) is 41.4 Å². The monoisotopic (exact) mass is 545 g/mol. The lowest BCUT2D eigenvalue weighted by Gasteiger charge is -2.43. The highest BCUT2D eigenvalue weighted by molar-refractivity contribution is 7.92. The number of para-hydroxylation sites is 1. The molecule has 1 saturated heterocycles. The minimum atomic E-state index is -3.97. The summed E-state index contributed by atoms with van der Waals surface area (Å²) in [6.45, 7) is 4.55. The van der Waals surface area contributed by atoms with Crippen molar-refractivity contribution in [3.8, 4) is 0 Å². The molecule has 1 amide bonds. The molecule has 0 radical (unpaired) electrons. The molecule has 2 atom stereocenters. The second-order valence-corrected chi connectivity index (χ2v) is 12.4. The summed E-state index contributed by atoms with van der Waals surface area (Å²) in [5, 5.41) is 3.88. The first-order valence-corrected chi connectivity index (χ1v) is 14.6. The Kier molecular flexibility index (Phi) is 6.31. The Morgan fingerprint density at radius 1 is 1.00 bits per heavy atom. The molecule has 0 spiro atoms. The fourth-order valence-electron chi connectivity index (χ4n) is 6.17. The van der Waals surface area contributed by atoms with Gasteiger partial charge in [0.05, 0.1) is 4.90 Å². The predicted molar refractivity (Wildman–Crippen MR) is 151 cm³/mol. The minimum absolute atomic E-state index is 0.0136. The third-order valence-corrected chi connectivity index (χ3v) is 9.16. The number of aromatic nitrogens is 2. The number of benzene rings is 2. The van der Waals surface area contributed by atoms with E-state index in [2.05, 4.69) is 57.0 Å². The van der Waals surface area contributed by atoms with Crippen LogP contribution in [0.2, 0.25) is 0 Å². The second-order valence-electron chi connectivity index (χ2n) is 10.7. The quantitative estimate of drug-likeness (QED) is 0.384. The number of hydrogen-bond acceptors (Lipinski definition) is 5. The first kappa shape index (κ1) is 25.4. The summed E-state index contributed by atoms with van der Waals surface area (Å²) < 4.78 is 32.4. The number of sulfonamides is 1. The van der Waals surface area contributed by atoms with Gasteiger partial charge in [-0.15, -0.1) is 0 Å². The van der Waals surface area contributed by atoms with Gasteiger partial charge in [-0.3, -0.25) is 19.2 Å². The largest absolute Gasteiger partial charge is 0.350 e. The van der Waals surface area contributed by atoms with E-state index in [0.29, 0.717) is 18.2 Å². The third-order valence-electron chi connectivity index (χ3n) is 7.78. The predicted octanol–water partition coefficient (Wildman–Crippen LogP) is 3.72. The Morgan fingerprint density at radius 2 is 1.77 bits per heavy atom. The van der Waals surface area contributed by atoms with Crippen molar-refractivity contribution in [1.29, 1.82) is 0 Å². The SMILES string of the molecule is CC(=O)Nc1ccc(S(=O)(=O)Nc2ccc3n(c2=O)CC2CC3CN(Cc3cn(C)c4ccccc34)C2)cc1. The van der Waals surface area contributed by atoms with Crippen LogP contribution in [0.15, 0.2) is 76.6 Å². The Morgan fingerprint density at radius 3 is 2.54 bits per heavy atom. The van der Waals surface area contributed by atoms with Crippen molar-refractivity contribution in [2.24, 2.45) is 13.0 Å². The number of carbonyl (C=O) groups excluding carboxylic acids is 1. The van der Waals surface area contributed by atoms with Crippen LogP contribution in [0.5, 0.6) is 0 Å². The van der Waals surface area contributed by atoms with Crippen LogP contribution in [0.1, 0.15) is 30.5 Å². The highest BCUT2D eigenvalue weighted by atomic mass is 32.2. The molecule has 2 aromatic carbocycles. The molecule has 2 aliphatic heterocycles. The van der Waals surface area contributed by atoms with Crippen molar-refractivity contribution in [1.82, 2.24) is 14.0 Å². The molecule has 2 aromatic heterocycles. The number of rotatable bonds is 6. The van der Waals surface area contributed by atoms with Crippen LogP contribution in [0.4, 0.5) is 11.4 Å². The molecule has 9 nitrogen and oxygen atoms in total. The number of likely N-dealkylation sites (tertiary alicyclic amines) is 1. The fourth-order valence-corrected chi connectivity index (χ4v) is 7.23. The number of nitrogens with one attached hydrogen (secondary N) is 2. The zero-order valence-corrected chi connectivity index (χ0v) is 22.7. The maximum Gasteiger partial charge on any atom is 0.275 e. The van der Waals surface area contributed by atoms with Crippen molar-refractivity contribution in [2.45, 2.75) is 37.2 Å². The number of amides is 1. The fraction of sp³-hybridized carbons (Fsp3) is 0.310. The standard InChI is InChI=1S/C29H31N5O4S/c1-19(35)30-23-7-9-24(10-8-23)39(37,38)31-26-11-12-27-21-13-20(15-34(27)29(26)36)14-33(17-21)18-22-16-32(2)28-6-4-3-5-25(22)28/h3-12,16,20-21,31H,13-15,17-18H2,1-2H3,(H,30,35). The maximum absolute atomic E-state index is 13.4. The summed E-state index contributed by atoms with van der Waals surface area (Å²) in [6.07, 6.45) is 3.23. The summed E-state index contributed by atoms with van der Waals surface area (Å²) in [5.41, 5.74) is 3.71. The van der Waals surface area contributed by atoms with Gasteiger partial charge in [-0.2, -0.15) is 0 Å². The van der Waals surface area contributed by atoms with E-state index in [1.165, 1.54) is 47.7 Å². The zero-order chi connectivity index (χ0) is 27.3. The number of fused-ring (bicyclic) bond motifs is 5. The molecular weight excluding hydrogens is 514 g/mol. The Hall–Kier alpha value is -3.89. The molecule has 2 bridgehead atoms. The van der Waals surface area contributed by atoms with Gasteiger partial charge in [-0.05, 0) is 60.4 Å². The van der Waals surface area contributed by atoms with E-state index in [4.69, 9.17) is 0 Å². The summed E-state index contributed by atoms with van der Waals surface area (Å²) in [6, 6.07) is 17.8. The smallest absolute Gasteiger partial charge is 0.275 e. The molecule has 10 heteroatoms. The lowest BCUT2D eigenvalue weighted by molar-refractivity contribution is -0.114. The Balaban J connectivity index is 1.21. The van der Waals surface area contributed by atoms with Crippen molar-refractivity contribution in [2.75, 3.05) is 23.1 Å². The molecule has 1 fully saturated rings. The average Bonchev–Trinajstić information content (AvgIpc) is 3.21. The zero-order valence-electron chi connectivity index (χ0n) is 21.9. The first-order valence-electron chi connectivity index (χ1n) is 13.1. The molecule has 6 rings (SSSR count). The lowest BCUT2D eigenvalue weighted by Crippen LogP contribution is -2.47. The van der Waals surface area contributed by atoms with Crippen LogP contribution in [0.25, 0.3) is 10.9 Å². The van der Waals surface area contributed by atoms with Crippen LogP contribution in [0, 0.1) is 5.92 Å².